The molecule has 0 fully saturated rings. The van der Waals surface area contributed by atoms with Crippen molar-refractivity contribution in [3.8, 4) is 0 Å². The number of alkyl halides is 3. The first kappa shape index (κ1) is 15.7. The van der Waals surface area contributed by atoms with Crippen LogP contribution in [0.1, 0.15) is 11.1 Å². The summed E-state index contributed by atoms with van der Waals surface area (Å²) in [6.45, 7) is 0. The SMILES string of the molecule is FC(F)(F)c1ccccc1C=NNc1cc(Cl)ccc1Cl. The number of hydrogen-bond donors (Lipinski definition) is 1. The third kappa shape index (κ3) is 4.12. The minimum absolute atomic E-state index is 0.0457. The minimum Gasteiger partial charge on any atom is -0.277 e. The monoisotopic (exact) mass is 332 g/mol. The van der Waals surface area contributed by atoms with Crippen LogP contribution < -0.4 is 5.43 Å². The van der Waals surface area contributed by atoms with Crippen LogP contribution in [0.15, 0.2) is 47.6 Å². The van der Waals surface area contributed by atoms with Gasteiger partial charge in [0.15, 0.2) is 0 Å². The quantitative estimate of drug-likeness (QED) is 0.585. The molecule has 0 radical (unpaired) electrons. The number of hydrogen-bond acceptors (Lipinski definition) is 2. The zero-order valence-electron chi connectivity index (χ0n) is 10.5. The van der Waals surface area contributed by atoms with Crippen LogP contribution in [0.4, 0.5) is 18.9 Å². The number of nitrogens with one attached hydrogen (secondary N) is 1. The molecule has 0 amide bonds. The van der Waals surface area contributed by atoms with Crippen LogP contribution in [0.5, 0.6) is 0 Å². The van der Waals surface area contributed by atoms with Crippen LogP contribution in [0, 0.1) is 0 Å². The lowest BCUT2D eigenvalue weighted by molar-refractivity contribution is -0.137. The van der Waals surface area contributed by atoms with Gasteiger partial charge in [-0.3, -0.25) is 5.43 Å². The van der Waals surface area contributed by atoms with E-state index in [0.29, 0.717) is 15.7 Å². The predicted octanol–water partition coefficient (Wildman–Crippen LogP) is 5.46. The van der Waals surface area contributed by atoms with Crippen LogP contribution in [-0.4, -0.2) is 6.21 Å². The fourth-order valence-electron chi connectivity index (χ4n) is 1.62. The average Bonchev–Trinajstić information content (AvgIpc) is 2.42. The number of anilines is 1. The van der Waals surface area contributed by atoms with Crippen molar-refractivity contribution in [2.75, 3.05) is 5.43 Å². The topological polar surface area (TPSA) is 24.4 Å². The van der Waals surface area contributed by atoms with Crippen LogP contribution in [0.2, 0.25) is 10.0 Å². The maximum Gasteiger partial charge on any atom is 0.417 e. The summed E-state index contributed by atoms with van der Waals surface area (Å²) in [6.07, 6.45) is -3.35. The van der Waals surface area contributed by atoms with Gasteiger partial charge in [-0.05, 0) is 24.3 Å². The molecule has 0 aliphatic carbocycles. The van der Waals surface area contributed by atoms with Crippen LogP contribution >= 0.6 is 23.2 Å². The molecule has 2 nitrogen and oxygen atoms in total. The van der Waals surface area contributed by atoms with Gasteiger partial charge in [-0.25, -0.2) is 0 Å². The second-order valence-electron chi connectivity index (χ2n) is 4.08. The molecule has 0 bridgehead atoms. The van der Waals surface area contributed by atoms with Crippen molar-refractivity contribution in [1.29, 1.82) is 0 Å². The summed E-state index contributed by atoms with van der Waals surface area (Å²) in [4.78, 5) is 0. The number of hydrazone groups is 1. The summed E-state index contributed by atoms with van der Waals surface area (Å²) in [6, 6.07) is 9.83. The van der Waals surface area contributed by atoms with E-state index in [4.69, 9.17) is 23.2 Å². The molecule has 2 aromatic rings. The summed E-state index contributed by atoms with van der Waals surface area (Å²) in [5, 5.41) is 4.57. The van der Waals surface area contributed by atoms with E-state index >= 15 is 0 Å². The Morgan fingerprint density at radius 1 is 1.05 bits per heavy atom. The molecule has 0 saturated heterocycles. The molecule has 2 aromatic carbocycles. The van der Waals surface area contributed by atoms with Gasteiger partial charge >= 0.3 is 6.18 Å². The Balaban J connectivity index is 2.21. The second-order valence-corrected chi connectivity index (χ2v) is 4.92. The maximum atomic E-state index is 12.8. The molecule has 7 heteroatoms. The first-order valence-corrected chi connectivity index (χ1v) is 6.54. The minimum atomic E-state index is -4.43. The Morgan fingerprint density at radius 2 is 1.76 bits per heavy atom. The fourth-order valence-corrected chi connectivity index (χ4v) is 1.95. The first-order valence-electron chi connectivity index (χ1n) is 5.78. The van der Waals surface area contributed by atoms with Gasteiger partial charge < -0.3 is 0 Å². The molecule has 2 rings (SSSR count). The van der Waals surface area contributed by atoms with E-state index < -0.39 is 11.7 Å². The van der Waals surface area contributed by atoms with Crippen molar-refractivity contribution in [1.82, 2.24) is 0 Å². The van der Waals surface area contributed by atoms with E-state index in [1.165, 1.54) is 24.3 Å². The highest BCUT2D eigenvalue weighted by Gasteiger charge is 2.32. The number of nitrogens with zero attached hydrogens (tertiary/aromatic N) is 1. The number of rotatable bonds is 3. The first-order chi connectivity index (χ1) is 9.88. The Bertz CT molecular complexity index is 670. The molecule has 0 aromatic heterocycles. The molecule has 0 atom stereocenters. The normalized spacial score (nSPS) is 11.9. The van der Waals surface area contributed by atoms with Gasteiger partial charge in [0.05, 0.1) is 22.5 Å². The molecule has 0 aliphatic heterocycles. The molecule has 0 heterocycles. The van der Waals surface area contributed by atoms with Crippen LogP contribution in [0.25, 0.3) is 0 Å². The van der Waals surface area contributed by atoms with Gasteiger partial charge in [0.1, 0.15) is 0 Å². The van der Waals surface area contributed by atoms with Gasteiger partial charge in [0.2, 0.25) is 0 Å². The van der Waals surface area contributed by atoms with Gasteiger partial charge in [-0.15, -0.1) is 0 Å². The molecule has 21 heavy (non-hydrogen) atoms. The van der Waals surface area contributed by atoms with E-state index in [1.807, 2.05) is 0 Å². The molecular weight excluding hydrogens is 324 g/mol. The number of benzene rings is 2. The van der Waals surface area contributed by atoms with Crippen LogP contribution in [0.3, 0.4) is 0 Å². The van der Waals surface area contributed by atoms with E-state index in [0.717, 1.165) is 12.3 Å². The van der Waals surface area contributed by atoms with Gasteiger partial charge in [0, 0.05) is 10.6 Å². The molecule has 0 unspecified atom stereocenters. The predicted molar refractivity (Wildman–Crippen MR) is 79.1 cm³/mol. The van der Waals surface area contributed by atoms with Gasteiger partial charge in [0.25, 0.3) is 0 Å². The third-order valence-electron chi connectivity index (χ3n) is 2.58. The summed E-state index contributed by atoms with van der Waals surface area (Å²) in [7, 11) is 0. The highest BCUT2D eigenvalue weighted by atomic mass is 35.5. The van der Waals surface area contributed by atoms with Crippen molar-refractivity contribution < 1.29 is 13.2 Å². The van der Waals surface area contributed by atoms with E-state index in [2.05, 4.69) is 10.5 Å². The van der Waals surface area contributed by atoms with Crippen molar-refractivity contribution >= 4 is 35.1 Å². The maximum absolute atomic E-state index is 12.8. The lowest BCUT2D eigenvalue weighted by Gasteiger charge is -2.09. The zero-order valence-corrected chi connectivity index (χ0v) is 12.0. The van der Waals surface area contributed by atoms with E-state index in [9.17, 15) is 13.2 Å². The number of halogens is 5. The highest BCUT2D eigenvalue weighted by Crippen LogP contribution is 2.31. The van der Waals surface area contributed by atoms with E-state index in [-0.39, 0.29) is 5.56 Å². The third-order valence-corrected chi connectivity index (χ3v) is 3.15. The Kier molecular flexibility index (Phi) is 4.75. The van der Waals surface area contributed by atoms with Gasteiger partial charge in [-0.2, -0.15) is 18.3 Å². The Morgan fingerprint density at radius 3 is 2.48 bits per heavy atom. The average molecular weight is 333 g/mol. The van der Waals surface area contributed by atoms with Crippen molar-refractivity contribution in [3.05, 3.63) is 63.6 Å². The summed E-state index contributed by atoms with van der Waals surface area (Å²) in [5.41, 5.74) is 2.17. The molecule has 110 valence electrons. The Labute approximate surface area is 129 Å². The van der Waals surface area contributed by atoms with Crippen molar-refractivity contribution in [2.45, 2.75) is 6.18 Å². The highest BCUT2D eigenvalue weighted by molar-refractivity contribution is 6.35. The second kappa shape index (κ2) is 6.37. The lowest BCUT2D eigenvalue weighted by atomic mass is 10.1. The fraction of sp³-hybridized carbons (Fsp3) is 0.0714. The van der Waals surface area contributed by atoms with Crippen molar-refractivity contribution in [2.24, 2.45) is 5.10 Å². The molecule has 0 spiro atoms. The summed E-state index contributed by atoms with van der Waals surface area (Å²) >= 11 is 11.7. The largest absolute Gasteiger partial charge is 0.417 e. The van der Waals surface area contributed by atoms with E-state index in [1.54, 1.807) is 12.1 Å². The summed E-state index contributed by atoms with van der Waals surface area (Å²) in [5.74, 6) is 0. The molecular formula is C14H9Cl2F3N2. The van der Waals surface area contributed by atoms with Crippen molar-refractivity contribution in [3.63, 3.8) is 0 Å². The molecule has 0 saturated carbocycles. The smallest absolute Gasteiger partial charge is 0.277 e. The summed E-state index contributed by atoms with van der Waals surface area (Å²) < 4.78 is 38.4. The van der Waals surface area contributed by atoms with Gasteiger partial charge in [-0.1, -0.05) is 41.4 Å². The Hall–Kier alpha value is -1.72. The lowest BCUT2D eigenvalue weighted by Crippen LogP contribution is -2.08. The zero-order chi connectivity index (χ0) is 15.5. The van der Waals surface area contributed by atoms with Crippen LogP contribution in [-0.2, 0) is 6.18 Å². The molecule has 0 aliphatic rings. The standard InChI is InChI=1S/C14H9Cl2F3N2/c15-10-5-6-12(16)13(7-10)21-20-8-9-3-1-2-4-11(9)14(17,18)19/h1-8,21H. The molecule has 1 N–H and O–H groups in total.